The summed E-state index contributed by atoms with van der Waals surface area (Å²) in [6.07, 6.45) is 0. The van der Waals surface area contributed by atoms with Crippen molar-refractivity contribution >= 4 is 21.8 Å². The van der Waals surface area contributed by atoms with Crippen LogP contribution in [0.5, 0.6) is 0 Å². The molecule has 1 fully saturated rings. The lowest BCUT2D eigenvalue weighted by atomic mass is 10.1. The zero-order valence-electron chi connectivity index (χ0n) is 14.1. The maximum absolute atomic E-state index is 12.5. The average Bonchev–Trinajstić information content (AvgIpc) is 2.54. The summed E-state index contributed by atoms with van der Waals surface area (Å²) in [5.74, 6) is -0.250. The molecule has 132 valence electrons. The second kappa shape index (κ2) is 7.31. The molecular weight excluding hydrogens is 330 g/mol. The molecule has 1 unspecified atom stereocenters. The van der Waals surface area contributed by atoms with Gasteiger partial charge in [0.1, 0.15) is 0 Å². The van der Waals surface area contributed by atoms with Crippen molar-refractivity contribution in [2.45, 2.75) is 31.7 Å². The number of amides is 2. The number of benzene rings is 1. The Morgan fingerprint density at radius 1 is 1.21 bits per heavy atom. The van der Waals surface area contributed by atoms with Crippen LogP contribution in [0, 0.1) is 5.92 Å². The minimum atomic E-state index is -3.73. The van der Waals surface area contributed by atoms with Crippen molar-refractivity contribution in [2.75, 3.05) is 19.6 Å². The highest BCUT2D eigenvalue weighted by Crippen LogP contribution is 2.17. The van der Waals surface area contributed by atoms with Gasteiger partial charge >= 0.3 is 0 Å². The number of hydrogen-bond donors (Lipinski definition) is 2. The predicted molar refractivity (Wildman–Crippen MR) is 90.0 cm³/mol. The summed E-state index contributed by atoms with van der Waals surface area (Å²) in [6.45, 7) is 6.29. The first kappa shape index (κ1) is 18.4. The topological polar surface area (TPSA) is 95.6 Å². The summed E-state index contributed by atoms with van der Waals surface area (Å²) in [5, 5.41) is 5.46. The quantitative estimate of drug-likeness (QED) is 0.809. The number of hydrogen-bond acceptors (Lipinski definition) is 4. The van der Waals surface area contributed by atoms with Crippen LogP contribution in [-0.2, 0) is 14.8 Å². The number of nitrogens with one attached hydrogen (secondary N) is 2. The van der Waals surface area contributed by atoms with Gasteiger partial charge in [0.25, 0.3) is 5.91 Å². The Morgan fingerprint density at radius 3 is 2.38 bits per heavy atom. The fourth-order valence-electron chi connectivity index (χ4n) is 2.20. The number of nitrogens with zero attached hydrogens (tertiary/aromatic N) is 1. The van der Waals surface area contributed by atoms with Crippen LogP contribution in [0.4, 0.5) is 0 Å². The number of rotatable bonds is 5. The minimum absolute atomic E-state index is 0.0211. The molecule has 24 heavy (non-hydrogen) atoms. The Morgan fingerprint density at radius 2 is 1.83 bits per heavy atom. The fraction of sp³-hybridized carbons (Fsp3) is 0.500. The molecule has 1 aromatic carbocycles. The highest BCUT2D eigenvalue weighted by molar-refractivity contribution is 7.89. The third-order valence-corrected chi connectivity index (χ3v) is 5.98. The van der Waals surface area contributed by atoms with Crippen LogP contribution in [-0.4, -0.2) is 50.2 Å². The van der Waals surface area contributed by atoms with Crippen LogP contribution < -0.4 is 10.6 Å². The fourth-order valence-corrected chi connectivity index (χ4v) is 3.60. The summed E-state index contributed by atoms with van der Waals surface area (Å²) >= 11 is 0. The molecule has 1 heterocycles. The van der Waals surface area contributed by atoms with Gasteiger partial charge in [0.05, 0.1) is 11.4 Å². The predicted octanol–water partition coefficient (Wildman–Crippen LogP) is 0.581. The van der Waals surface area contributed by atoms with E-state index in [1.807, 2.05) is 20.8 Å². The van der Waals surface area contributed by atoms with Crippen molar-refractivity contribution in [3.8, 4) is 0 Å². The van der Waals surface area contributed by atoms with E-state index in [-0.39, 0.29) is 35.8 Å². The van der Waals surface area contributed by atoms with Crippen molar-refractivity contribution in [1.29, 1.82) is 0 Å². The number of carbonyl (C=O) groups is 2. The normalized spacial score (nSPS) is 17.4. The third-order valence-electron chi connectivity index (χ3n) is 4.12. The van der Waals surface area contributed by atoms with E-state index in [2.05, 4.69) is 10.6 Å². The van der Waals surface area contributed by atoms with E-state index in [4.69, 9.17) is 0 Å². The Kier molecular flexibility index (Phi) is 5.61. The van der Waals surface area contributed by atoms with Crippen LogP contribution in [0.2, 0.25) is 0 Å². The summed E-state index contributed by atoms with van der Waals surface area (Å²) in [7, 11) is -3.73. The van der Waals surface area contributed by atoms with Gasteiger partial charge in [-0.2, -0.15) is 4.31 Å². The zero-order valence-corrected chi connectivity index (χ0v) is 14.9. The van der Waals surface area contributed by atoms with Gasteiger partial charge in [-0.25, -0.2) is 8.42 Å². The molecule has 1 atom stereocenters. The molecule has 0 radical (unpaired) electrons. The summed E-state index contributed by atoms with van der Waals surface area (Å²) in [6, 6.07) is 5.79. The molecule has 7 nitrogen and oxygen atoms in total. The maximum atomic E-state index is 12.5. The number of sulfonamides is 1. The van der Waals surface area contributed by atoms with Gasteiger partial charge in [0, 0.05) is 24.7 Å². The van der Waals surface area contributed by atoms with Crippen LogP contribution >= 0.6 is 0 Å². The van der Waals surface area contributed by atoms with Crippen molar-refractivity contribution < 1.29 is 18.0 Å². The van der Waals surface area contributed by atoms with Gasteiger partial charge < -0.3 is 10.6 Å². The van der Waals surface area contributed by atoms with Crippen LogP contribution in [0.1, 0.15) is 31.1 Å². The molecule has 2 amide bonds. The monoisotopic (exact) mass is 353 g/mol. The molecule has 0 bridgehead atoms. The van der Waals surface area contributed by atoms with E-state index in [9.17, 15) is 18.0 Å². The smallest absolute Gasteiger partial charge is 0.251 e. The van der Waals surface area contributed by atoms with Gasteiger partial charge in [-0.3, -0.25) is 9.59 Å². The molecule has 0 saturated carbocycles. The number of piperazine rings is 1. The minimum Gasteiger partial charge on any atom is -0.354 e. The molecule has 0 aliphatic carbocycles. The second-order valence-corrected chi connectivity index (χ2v) is 8.16. The standard InChI is InChI=1S/C16H23N3O4S/c1-11(2)12(3)18-16(21)13-4-6-14(7-5-13)24(22,23)19-9-8-17-15(20)10-19/h4-7,11-12H,8-10H2,1-3H3,(H,17,20)(H,18,21). The van der Waals surface area contributed by atoms with E-state index >= 15 is 0 Å². The van der Waals surface area contributed by atoms with Gasteiger partial charge in [-0.05, 0) is 37.1 Å². The lowest BCUT2D eigenvalue weighted by Crippen LogP contribution is -2.49. The highest BCUT2D eigenvalue weighted by Gasteiger charge is 2.29. The molecular formula is C16H23N3O4S. The van der Waals surface area contributed by atoms with Crippen molar-refractivity contribution in [2.24, 2.45) is 5.92 Å². The van der Waals surface area contributed by atoms with E-state index < -0.39 is 10.0 Å². The van der Waals surface area contributed by atoms with E-state index in [1.165, 1.54) is 24.3 Å². The van der Waals surface area contributed by atoms with Gasteiger partial charge in [-0.15, -0.1) is 0 Å². The molecule has 1 saturated heterocycles. The Labute approximate surface area is 142 Å². The first-order chi connectivity index (χ1) is 11.2. The lowest BCUT2D eigenvalue weighted by Gasteiger charge is -2.25. The largest absolute Gasteiger partial charge is 0.354 e. The molecule has 0 spiro atoms. The lowest BCUT2D eigenvalue weighted by molar-refractivity contribution is -0.122. The number of carbonyl (C=O) groups excluding carboxylic acids is 2. The van der Waals surface area contributed by atoms with Crippen molar-refractivity contribution in [3.63, 3.8) is 0 Å². The first-order valence-electron chi connectivity index (χ1n) is 7.89. The second-order valence-electron chi connectivity index (χ2n) is 6.22. The summed E-state index contributed by atoms with van der Waals surface area (Å²) in [5.41, 5.74) is 0.401. The summed E-state index contributed by atoms with van der Waals surface area (Å²) in [4.78, 5) is 23.6. The molecule has 8 heteroatoms. The molecule has 2 N–H and O–H groups in total. The van der Waals surface area contributed by atoms with Gasteiger partial charge in [-0.1, -0.05) is 13.8 Å². The third kappa shape index (κ3) is 4.12. The van der Waals surface area contributed by atoms with Gasteiger partial charge in [0.2, 0.25) is 15.9 Å². The average molecular weight is 353 g/mol. The first-order valence-corrected chi connectivity index (χ1v) is 9.33. The van der Waals surface area contributed by atoms with Gasteiger partial charge in [0.15, 0.2) is 0 Å². The molecule has 1 aliphatic heterocycles. The van der Waals surface area contributed by atoms with Crippen molar-refractivity contribution in [3.05, 3.63) is 29.8 Å². The van der Waals surface area contributed by atoms with Crippen LogP contribution in [0.3, 0.4) is 0 Å². The summed E-state index contributed by atoms with van der Waals surface area (Å²) < 4.78 is 26.2. The van der Waals surface area contributed by atoms with E-state index in [0.29, 0.717) is 18.0 Å². The molecule has 1 aromatic rings. The van der Waals surface area contributed by atoms with Crippen LogP contribution in [0.15, 0.2) is 29.2 Å². The SMILES string of the molecule is CC(C)C(C)NC(=O)c1ccc(S(=O)(=O)N2CCNC(=O)C2)cc1. The van der Waals surface area contributed by atoms with E-state index in [0.717, 1.165) is 4.31 Å². The zero-order chi connectivity index (χ0) is 17.9. The Bertz CT molecular complexity index is 713. The molecule has 1 aliphatic rings. The van der Waals surface area contributed by atoms with Crippen LogP contribution in [0.25, 0.3) is 0 Å². The Hall–Kier alpha value is -1.93. The van der Waals surface area contributed by atoms with Crippen molar-refractivity contribution in [1.82, 2.24) is 14.9 Å². The maximum Gasteiger partial charge on any atom is 0.251 e. The van der Waals surface area contributed by atoms with E-state index in [1.54, 1.807) is 0 Å². The molecule has 2 rings (SSSR count). The Balaban J connectivity index is 2.13. The molecule has 0 aromatic heterocycles. The highest BCUT2D eigenvalue weighted by atomic mass is 32.2.